The normalized spacial score (nSPS) is 12.2. The summed E-state index contributed by atoms with van der Waals surface area (Å²) in [4.78, 5) is 12.9. The first-order chi connectivity index (χ1) is 9.04. The predicted molar refractivity (Wildman–Crippen MR) is 80.4 cm³/mol. The summed E-state index contributed by atoms with van der Waals surface area (Å²) in [6, 6.07) is 5.83. The molecule has 0 aliphatic rings. The molecule has 19 heavy (non-hydrogen) atoms. The smallest absolute Gasteiger partial charge is 0.233 e. The van der Waals surface area contributed by atoms with Crippen LogP contribution in [0.15, 0.2) is 23.1 Å². The maximum Gasteiger partial charge on any atom is 0.233 e. The molecule has 0 fully saturated rings. The van der Waals surface area contributed by atoms with Crippen molar-refractivity contribution in [3.63, 3.8) is 0 Å². The number of hydrogen-bond donors (Lipinski definition) is 2. The summed E-state index contributed by atoms with van der Waals surface area (Å²) in [6.45, 7) is 5.19. The minimum atomic E-state index is -0.120. The number of hydrogen-bond acceptors (Lipinski definition) is 4. The number of ether oxygens (including phenoxy) is 1. The molecule has 1 aromatic carbocycles. The fourth-order valence-electron chi connectivity index (χ4n) is 1.55. The highest BCUT2D eigenvalue weighted by atomic mass is 32.2. The van der Waals surface area contributed by atoms with Crippen LogP contribution in [0.4, 0.5) is 5.69 Å². The fourth-order valence-corrected chi connectivity index (χ4v) is 2.54. The molecule has 106 valence electrons. The van der Waals surface area contributed by atoms with E-state index in [1.54, 1.807) is 7.11 Å². The number of benzene rings is 1. The monoisotopic (exact) mass is 282 g/mol. The third-order valence-corrected chi connectivity index (χ3v) is 3.84. The molecule has 0 aromatic heterocycles. The van der Waals surface area contributed by atoms with Crippen molar-refractivity contribution in [3.8, 4) is 0 Å². The molecule has 1 rings (SSSR count). The van der Waals surface area contributed by atoms with Gasteiger partial charge < -0.3 is 15.8 Å². The van der Waals surface area contributed by atoms with Gasteiger partial charge in [0.15, 0.2) is 0 Å². The summed E-state index contributed by atoms with van der Waals surface area (Å²) >= 11 is 1.54. The van der Waals surface area contributed by atoms with E-state index in [4.69, 9.17) is 10.5 Å². The highest BCUT2D eigenvalue weighted by molar-refractivity contribution is 8.00. The second-order valence-electron chi connectivity index (χ2n) is 4.42. The van der Waals surface area contributed by atoms with Crippen molar-refractivity contribution >= 4 is 23.4 Å². The van der Waals surface area contributed by atoms with Gasteiger partial charge in [-0.05, 0) is 44.0 Å². The van der Waals surface area contributed by atoms with Crippen LogP contribution < -0.4 is 11.1 Å². The van der Waals surface area contributed by atoms with Gasteiger partial charge in [-0.1, -0.05) is 0 Å². The van der Waals surface area contributed by atoms with Crippen molar-refractivity contribution < 1.29 is 9.53 Å². The number of aryl methyl sites for hydroxylation is 1. The van der Waals surface area contributed by atoms with Crippen molar-refractivity contribution in [2.24, 2.45) is 0 Å². The summed E-state index contributed by atoms with van der Waals surface area (Å²) < 4.78 is 4.94. The molecule has 0 radical (unpaired) electrons. The van der Waals surface area contributed by atoms with E-state index >= 15 is 0 Å². The van der Waals surface area contributed by atoms with Gasteiger partial charge >= 0.3 is 0 Å². The topological polar surface area (TPSA) is 64.3 Å². The van der Waals surface area contributed by atoms with E-state index in [1.807, 2.05) is 32.0 Å². The summed E-state index contributed by atoms with van der Waals surface area (Å²) in [7, 11) is 1.66. The molecule has 0 saturated carbocycles. The Kier molecular flexibility index (Phi) is 6.73. The third kappa shape index (κ3) is 5.53. The Morgan fingerprint density at radius 3 is 2.89 bits per heavy atom. The van der Waals surface area contributed by atoms with Gasteiger partial charge in [0.05, 0.1) is 5.25 Å². The maximum atomic E-state index is 11.9. The lowest BCUT2D eigenvalue weighted by Crippen LogP contribution is -2.32. The Hall–Kier alpha value is -1.20. The molecular weight excluding hydrogens is 260 g/mol. The Morgan fingerprint density at radius 2 is 2.26 bits per heavy atom. The van der Waals surface area contributed by atoms with Crippen LogP contribution in [0.1, 0.15) is 18.9 Å². The van der Waals surface area contributed by atoms with Gasteiger partial charge in [-0.25, -0.2) is 0 Å². The van der Waals surface area contributed by atoms with E-state index < -0.39 is 0 Å². The molecule has 0 spiro atoms. The van der Waals surface area contributed by atoms with E-state index in [2.05, 4.69) is 5.32 Å². The minimum Gasteiger partial charge on any atom is -0.399 e. The van der Waals surface area contributed by atoms with Gasteiger partial charge in [-0.2, -0.15) is 0 Å². The van der Waals surface area contributed by atoms with E-state index in [0.717, 1.165) is 22.6 Å². The highest BCUT2D eigenvalue weighted by Gasteiger charge is 2.13. The zero-order chi connectivity index (χ0) is 14.3. The standard InChI is InChI=1S/C14H22N2O2S/c1-10-9-12(5-6-13(10)15)19-11(2)14(17)16-7-4-8-18-3/h5-6,9,11H,4,7-8,15H2,1-3H3,(H,16,17). The second kappa shape index (κ2) is 8.07. The number of methoxy groups -OCH3 is 1. The molecular formula is C14H22N2O2S. The number of thioether (sulfide) groups is 1. The average Bonchev–Trinajstić information content (AvgIpc) is 2.38. The van der Waals surface area contributed by atoms with Crippen LogP contribution in [0, 0.1) is 6.92 Å². The molecule has 5 heteroatoms. The van der Waals surface area contributed by atoms with Gasteiger partial charge in [0.2, 0.25) is 5.91 Å². The van der Waals surface area contributed by atoms with Crippen LogP contribution in [0.5, 0.6) is 0 Å². The minimum absolute atomic E-state index is 0.0515. The fraction of sp³-hybridized carbons (Fsp3) is 0.500. The zero-order valence-corrected chi connectivity index (χ0v) is 12.5. The molecule has 1 unspecified atom stereocenters. The molecule has 0 aliphatic carbocycles. The third-order valence-electron chi connectivity index (χ3n) is 2.75. The number of carbonyl (C=O) groups excluding carboxylic acids is 1. The molecule has 4 nitrogen and oxygen atoms in total. The van der Waals surface area contributed by atoms with Gasteiger partial charge in [-0.15, -0.1) is 11.8 Å². The Balaban J connectivity index is 2.42. The van der Waals surface area contributed by atoms with Crippen molar-refractivity contribution in [1.29, 1.82) is 0 Å². The summed E-state index contributed by atoms with van der Waals surface area (Å²) in [6.07, 6.45) is 0.834. The predicted octanol–water partition coefficient (Wildman–Crippen LogP) is 2.21. The second-order valence-corrected chi connectivity index (χ2v) is 5.83. The summed E-state index contributed by atoms with van der Waals surface area (Å²) in [5.74, 6) is 0.0515. The first kappa shape index (κ1) is 15.9. The van der Waals surface area contributed by atoms with Crippen LogP contribution in [0.2, 0.25) is 0 Å². The quantitative estimate of drug-likeness (QED) is 0.457. The number of nitrogen functional groups attached to an aromatic ring is 1. The van der Waals surface area contributed by atoms with Gasteiger partial charge in [0.1, 0.15) is 0 Å². The number of carbonyl (C=O) groups is 1. The van der Waals surface area contributed by atoms with E-state index in [1.165, 1.54) is 11.8 Å². The molecule has 1 aromatic rings. The first-order valence-corrected chi connectivity index (χ1v) is 7.22. The lowest BCUT2D eigenvalue weighted by molar-refractivity contribution is -0.120. The maximum absolute atomic E-state index is 11.9. The van der Waals surface area contributed by atoms with Gasteiger partial charge in [-0.3, -0.25) is 4.79 Å². The Morgan fingerprint density at radius 1 is 1.53 bits per heavy atom. The van der Waals surface area contributed by atoms with E-state index in [0.29, 0.717) is 13.2 Å². The number of nitrogens with two attached hydrogens (primary N) is 1. The largest absolute Gasteiger partial charge is 0.399 e. The number of rotatable bonds is 7. The van der Waals surface area contributed by atoms with Gasteiger partial charge in [0, 0.05) is 30.8 Å². The first-order valence-electron chi connectivity index (χ1n) is 6.34. The molecule has 1 amide bonds. The molecule has 1 atom stereocenters. The van der Waals surface area contributed by atoms with Crippen molar-refractivity contribution in [2.75, 3.05) is 26.0 Å². The SMILES string of the molecule is COCCCNC(=O)C(C)Sc1ccc(N)c(C)c1. The summed E-state index contributed by atoms with van der Waals surface area (Å²) in [5, 5.41) is 2.78. The van der Waals surface area contributed by atoms with Crippen molar-refractivity contribution in [1.82, 2.24) is 5.32 Å². The van der Waals surface area contributed by atoms with Crippen LogP contribution in [-0.4, -0.2) is 31.4 Å². The van der Waals surface area contributed by atoms with E-state index in [-0.39, 0.29) is 11.2 Å². The van der Waals surface area contributed by atoms with Crippen LogP contribution in [0.25, 0.3) is 0 Å². The lowest BCUT2D eigenvalue weighted by atomic mass is 10.2. The van der Waals surface area contributed by atoms with E-state index in [9.17, 15) is 4.79 Å². The molecule has 0 saturated heterocycles. The summed E-state index contributed by atoms with van der Waals surface area (Å²) in [5.41, 5.74) is 7.59. The zero-order valence-electron chi connectivity index (χ0n) is 11.7. The van der Waals surface area contributed by atoms with Crippen LogP contribution in [-0.2, 0) is 9.53 Å². The number of nitrogens with one attached hydrogen (secondary N) is 1. The van der Waals surface area contributed by atoms with Crippen molar-refractivity contribution in [2.45, 2.75) is 30.4 Å². The Labute approximate surface area is 119 Å². The lowest BCUT2D eigenvalue weighted by Gasteiger charge is -2.12. The molecule has 3 N–H and O–H groups in total. The molecule has 0 aliphatic heterocycles. The average molecular weight is 282 g/mol. The number of anilines is 1. The van der Waals surface area contributed by atoms with Crippen LogP contribution in [0.3, 0.4) is 0 Å². The number of amides is 1. The van der Waals surface area contributed by atoms with Crippen molar-refractivity contribution in [3.05, 3.63) is 23.8 Å². The Bertz CT molecular complexity index is 424. The highest BCUT2D eigenvalue weighted by Crippen LogP contribution is 2.26. The molecule has 0 bridgehead atoms. The van der Waals surface area contributed by atoms with Crippen LogP contribution >= 0.6 is 11.8 Å². The molecule has 0 heterocycles. The van der Waals surface area contributed by atoms with Gasteiger partial charge in [0.25, 0.3) is 0 Å².